The molecule has 2 aliphatic carbocycles. The number of nitrogens with zero attached hydrogens (tertiary/aromatic N) is 3. The molecule has 6 nitrogen and oxygen atoms in total. The van der Waals surface area contributed by atoms with E-state index in [1.54, 1.807) is 0 Å². The standard InChI is InChI=1S/C40H52N4O2S/c1-5-27-8-12-29(13-9-27)30-16-18-31(19-17-30)33-25-41-37(42-26-33)32-14-10-28(11-15-32)24-34(39(46)44-22-6-7-23-44)43-38(45)35-20-21-36(47-35)40(2,3)4/h10-11,14-15,18,20-21,25-27,29-30,34H,5-9,12-13,16-17,19,22-24H2,1-4H3,(H,43,45)/t27?,29?,30?,34-/m0/s1. The Labute approximate surface area is 285 Å². The van der Waals surface area contributed by atoms with E-state index < -0.39 is 6.04 Å². The van der Waals surface area contributed by atoms with E-state index in [1.807, 2.05) is 53.7 Å². The van der Waals surface area contributed by atoms with E-state index in [-0.39, 0.29) is 17.2 Å². The minimum absolute atomic E-state index is 0.00124. The molecule has 3 heterocycles. The first kappa shape index (κ1) is 33.6. The number of likely N-dealkylation sites (tertiary alicyclic amines) is 1. The molecule has 1 aromatic carbocycles. The maximum Gasteiger partial charge on any atom is 0.262 e. The van der Waals surface area contributed by atoms with E-state index in [4.69, 9.17) is 9.97 Å². The van der Waals surface area contributed by atoms with Crippen molar-refractivity contribution < 1.29 is 9.59 Å². The number of carbonyl (C=O) groups excluding carboxylic acids is 2. The molecule has 7 heteroatoms. The Hall–Kier alpha value is -3.32. The van der Waals surface area contributed by atoms with E-state index in [0.29, 0.717) is 17.1 Å². The zero-order valence-corrected chi connectivity index (χ0v) is 29.6. The van der Waals surface area contributed by atoms with Crippen molar-refractivity contribution >= 4 is 28.7 Å². The molecule has 1 N–H and O–H groups in total. The van der Waals surface area contributed by atoms with Gasteiger partial charge in [0.05, 0.1) is 4.88 Å². The molecule has 2 atom stereocenters. The molecular weight excluding hydrogens is 601 g/mol. The Morgan fingerprint density at radius 3 is 2.21 bits per heavy atom. The van der Waals surface area contributed by atoms with Crippen LogP contribution in [-0.2, 0) is 16.6 Å². The third kappa shape index (κ3) is 8.22. The normalized spacial score (nSPS) is 22.5. The third-order valence-electron chi connectivity index (χ3n) is 10.9. The topological polar surface area (TPSA) is 75.2 Å². The second-order valence-corrected chi connectivity index (χ2v) is 16.2. The van der Waals surface area contributed by atoms with E-state index in [2.05, 4.69) is 39.1 Å². The van der Waals surface area contributed by atoms with Crippen LogP contribution in [0.25, 0.3) is 17.0 Å². The van der Waals surface area contributed by atoms with Crippen molar-refractivity contribution in [2.45, 2.75) is 110 Å². The van der Waals surface area contributed by atoms with Gasteiger partial charge in [0, 0.05) is 47.9 Å². The minimum Gasteiger partial charge on any atom is -0.341 e. The molecule has 6 rings (SSSR count). The monoisotopic (exact) mass is 652 g/mol. The van der Waals surface area contributed by atoms with Crippen LogP contribution >= 0.6 is 11.3 Å². The summed E-state index contributed by atoms with van der Waals surface area (Å²) in [6.45, 7) is 10.3. The summed E-state index contributed by atoms with van der Waals surface area (Å²) in [5.74, 6) is 3.22. The summed E-state index contributed by atoms with van der Waals surface area (Å²) in [6, 6.07) is 11.4. The summed E-state index contributed by atoms with van der Waals surface area (Å²) >= 11 is 1.50. The maximum absolute atomic E-state index is 13.5. The van der Waals surface area contributed by atoms with E-state index in [9.17, 15) is 9.59 Å². The first-order chi connectivity index (χ1) is 22.7. The molecule has 250 valence electrons. The number of hydrogen-bond acceptors (Lipinski definition) is 5. The largest absolute Gasteiger partial charge is 0.341 e. The lowest BCUT2D eigenvalue weighted by atomic mass is 9.71. The molecule has 1 saturated carbocycles. The van der Waals surface area contributed by atoms with Crippen LogP contribution in [0, 0.1) is 17.8 Å². The van der Waals surface area contributed by atoms with Crippen LogP contribution < -0.4 is 5.32 Å². The fourth-order valence-corrected chi connectivity index (χ4v) is 8.70. The number of rotatable bonds is 9. The van der Waals surface area contributed by atoms with Crippen LogP contribution in [0.3, 0.4) is 0 Å². The predicted molar refractivity (Wildman–Crippen MR) is 192 cm³/mol. The lowest BCUT2D eigenvalue weighted by Crippen LogP contribution is -2.48. The van der Waals surface area contributed by atoms with Gasteiger partial charge in [-0.25, -0.2) is 9.97 Å². The zero-order valence-electron chi connectivity index (χ0n) is 28.8. The van der Waals surface area contributed by atoms with E-state index in [1.165, 1.54) is 61.9 Å². The molecule has 1 saturated heterocycles. The molecule has 0 bridgehead atoms. The van der Waals surface area contributed by atoms with Crippen molar-refractivity contribution in [2.75, 3.05) is 13.1 Å². The maximum atomic E-state index is 13.5. The number of thiophene rings is 1. The second-order valence-electron chi connectivity index (χ2n) is 15.1. The molecule has 0 radical (unpaired) electrons. The van der Waals surface area contributed by atoms with Crippen molar-refractivity contribution in [3.63, 3.8) is 0 Å². The van der Waals surface area contributed by atoms with Crippen molar-refractivity contribution in [1.29, 1.82) is 0 Å². The lowest BCUT2D eigenvalue weighted by Gasteiger charge is -2.35. The lowest BCUT2D eigenvalue weighted by molar-refractivity contribution is -0.132. The van der Waals surface area contributed by atoms with Crippen LogP contribution in [-0.4, -0.2) is 45.8 Å². The Morgan fingerprint density at radius 2 is 1.62 bits per heavy atom. The molecule has 1 unspecified atom stereocenters. The van der Waals surface area contributed by atoms with Gasteiger partial charge in [0.2, 0.25) is 5.91 Å². The van der Waals surface area contributed by atoms with E-state index >= 15 is 0 Å². The number of benzene rings is 1. The first-order valence-corrected chi connectivity index (χ1v) is 18.8. The molecule has 3 aliphatic rings. The van der Waals surface area contributed by atoms with Gasteiger partial charge >= 0.3 is 0 Å². The quantitative estimate of drug-likeness (QED) is 0.251. The third-order valence-corrected chi connectivity index (χ3v) is 12.4. The van der Waals surface area contributed by atoms with Gasteiger partial charge in [-0.05, 0) is 91.4 Å². The Bertz CT molecular complexity index is 1540. The van der Waals surface area contributed by atoms with Crippen molar-refractivity contribution in [2.24, 2.45) is 17.8 Å². The summed E-state index contributed by atoms with van der Waals surface area (Å²) in [5, 5.41) is 3.08. The highest BCUT2D eigenvalue weighted by Gasteiger charge is 2.30. The Balaban J connectivity index is 1.08. The highest BCUT2D eigenvalue weighted by molar-refractivity contribution is 7.14. The summed E-state index contributed by atoms with van der Waals surface area (Å²) in [6.07, 6.45) is 19.5. The fraction of sp³-hybridized carbons (Fsp3) is 0.550. The Morgan fingerprint density at radius 1 is 0.915 bits per heavy atom. The van der Waals surface area contributed by atoms with Gasteiger partial charge in [-0.2, -0.15) is 0 Å². The molecule has 0 spiro atoms. The molecule has 1 aliphatic heterocycles. The van der Waals surface area contributed by atoms with Crippen LogP contribution in [0.2, 0.25) is 0 Å². The van der Waals surface area contributed by atoms with Gasteiger partial charge in [-0.3, -0.25) is 9.59 Å². The van der Waals surface area contributed by atoms with Crippen LogP contribution in [0.15, 0.2) is 54.9 Å². The summed E-state index contributed by atoms with van der Waals surface area (Å²) in [7, 11) is 0. The minimum atomic E-state index is -0.614. The van der Waals surface area contributed by atoms with Crippen LogP contribution in [0.5, 0.6) is 0 Å². The van der Waals surface area contributed by atoms with Gasteiger partial charge in [-0.1, -0.05) is 77.3 Å². The van der Waals surface area contributed by atoms with Gasteiger partial charge in [-0.15, -0.1) is 11.3 Å². The summed E-state index contributed by atoms with van der Waals surface area (Å²) < 4.78 is 0. The Kier molecular flexibility index (Phi) is 10.6. The van der Waals surface area contributed by atoms with Gasteiger partial charge < -0.3 is 10.2 Å². The smallest absolute Gasteiger partial charge is 0.262 e. The average molecular weight is 653 g/mol. The predicted octanol–water partition coefficient (Wildman–Crippen LogP) is 8.87. The van der Waals surface area contributed by atoms with Gasteiger partial charge in [0.15, 0.2) is 5.82 Å². The van der Waals surface area contributed by atoms with Gasteiger partial charge in [0.1, 0.15) is 6.04 Å². The number of aromatic nitrogens is 2. The number of nitrogens with one attached hydrogen (secondary N) is 1. The SMILES string of the molecule is CCC1CCC(C2CC=C(c3cnc(-c4ccc(C[C@H](NC(=O)c5ccc(C(C)(C)C)s5)C(=O)N5CCCC5)cc4)nc3)CC2)CC1. The summed E-state index contributed by atoms with van der Waals surface area (Å²) in [4.78, 5) is 40.0. The molecular formula is C40H52N4O2S. The molecule has 2 amide bonds. The average Bonchev–Trinajstić information content (AvgIpc) is 3.82. The number of hydrogen-bond donors (Lipinski definition) is 1. The zero-order chi connectivity index (χ0) is 33.0. The van der Waals surface area contributed by atoms with E-state index in [0.717, 1.165) is 71.7 Å². The highest BCUT2D eigenvalue weighted by atomic mass is 32.1. The van der Waals surface area contributed by atoms with Crippen molar-refractivity contribution in [3.05, 3.63) is 75.7 Å². The molecule has 2 fully saturated rings. The fourth-order valence-electron chi connectivity index (χ4n) is 7.73. The molecule has 47 heavy (non-hydrogen) atoms. The molecule has 2 aromatic heterocycles. The van der Waals surface area contributed by atoms with Crippen molar-refractivity contribution in [3.8, 4) is 11.4 Å². The number of allylic oxidation sites excluding steroid dienone is 2. The van der Waals surface area contributed by atoms with Crippen molar-refractivity contribution in [1.82, 2.24) is 20.2 Å². The highest BCUT2D eigenvalue weighted by Crippen LogP contribution is 2.41. The number of amides is 2. The number of carbonyl (C=O) groups is 2. The first-order valence-electron chi connectivity index (χ1n) is 18.0. The van der Waals surface area contributed by atoms with Gasteiger partial charge in [0.25, 0.3) is 5.91 Å². The van der Waals surface area contributed by atoms with Crippen LogP contribution in [0.1, 0.15) is 118 Å². The second kappa shape index (κ2) is 14.8. The molecule has 3 aromatic rings. The summed E-state index contributed by atoms with van der Waals surface area (Å²) in [5.41, 5.74) is 4.44. The van der Waals surface area contributed by atoms with Crippen LogP contribution in [0.4, 0.5) is 0 Å².